The molecule has 0 radical (unpaired) electrons. The van der Waals surface area contributed by atoms with E-state index in [0.717, 1.165) is 16.7 Å². The summed E-state index contributed by atoms with van der Waals surface area (Å²) in [5.41, 5.74) is 2.86. The van der Waals surface area contributed by atoms with E-state index in [4.69, 9.17) is 9.84 Å². The fraction of sp³-hybridized carbons (Fsp3) is 0.278. The fourth-order valence-electron chi connectivity index (χ4n) is 2.78. The van der Waals surface area contributed by atoms with Crippen LogP contribution in [0.5, 0.6) is 5.75 Å². The number of rotatable bonds is 6. The molecule has 2 aromatic carbocycles. The second-order valence-corrected chi connectivity index (χ2v) is 5.28. The first-order valence-electron chi connectivity index (χ1n) is 7.26. The lowest BCUT2D eigenvalue weighted by Gasteiger charge is -2.30. The lowest BCUT2D eigenvalue weighted by molar-refractivity contribution is 0.0911. The first kappa shape index (κ1) is 13.8. The van der Waals surface area contributed by atoms with Gasteiger partial charge in [-0.05, 0) is 30.0 Å². The number of carbonyl (C=O) groups is 1. The largest absolute Gasteiger partial charge is 0.488 e. The van der Waals surface area contributed by atoms with E-state index in [1.165, 1.54) is 0 Å². The average molecular weight is 282 g/mol. The minimum atomic E-state index is -0.0626. The van der Waals surface area contributed by atoms with Crippen LogP contribution < -0.4 is 4.74 Å². The molecule has 0 heterocycles. The van der Waals surface area contributed by atoms with E-state index in [-0.39, 0.29) is 18.3 Å². The van der Waals surface area contributed by atoms with Crippen molar-refractivity contribution in [2.45, 2.75) is 25.4 Å². The molecule has 0 amide bonds. The molecule has 108 valence electrons. The molecule has 0 fully saturated rings. The van der Waals surface area contributed by atoms with Gasteiger partial charge >= 0.3 is 0 Å². The zero-order chi connectivity index (χ0) is 14.7. The van der Waals surface area contributed by atoms with Gasteiger partial charge in [0.25, 0.3) is 0 Å². The van der Waals surface area contributed by atoms with Crippen molar-refractivity contribution in [2.75, 3.05) is 6.61 Å². The number of benzene rings is 2. The lowest BCUT2D eigenvalue weighted by atomic mass is 9.73. The van der Waals surface area contributed by atoms with Gasteiger partial charge in [-0.2, -0.15) is 0 Å². The predicted octanol–water partition coefficient (Wildman–Crippen LogP) is 3.32. The molecular weight excluding hydrogens is 264 g/mol. The van der Waals surface area contributed by atoms with Crippen molar-refractivity contribution in [3.05, 3.63) is 65.2 Å². The predicted molar refractivity (Wildman–Crippen MR) is 80.6 cm³/mol. The summed E-state index contributed by atoms with van der Waals surface area (Å²) in [5.74, 6) is 0.746. The van der Waals surface area contributed by atoms with E-state index >= 15 is 0 Å². The molecule has 1 aliphatic carbocycles. The minimum Gasteiger partial charge on any atom is -0.488 e. The zero-order valence-corrected chi connectivity index (χ0v) is 11.8. The number of ether oxygens (including phenoxy) is 1. The maximum atomic E-state index is 12.2. The van der Waals surface area contributed by atoms with Gasteiger partial charge in [-0.1, -0.05) is 42.5 Å². The SMILES string of the molecule is O=C1c2c(OCc3ccccc3)cccc2C1CCCO. The Morgan fingerprint density at radius 3 is 2.62 bits per heavy atom. The molecule has 3 rings (SSSR count). The quantitative estimate of drug-likeness (QED) is 0.884. The van der Waals surface area contributed by atoms with Gasteiger partial charge in [-0.25, -0.2) is 0 Å². The van der Waals surface area contributed by atoms with E-state index < -0.39 is 0 Å². The highest BCUT2D eigenvalue weighted by molar-refractivity contribution is 6.12. The van der Waals surface area contributed by atoms with Gasteiger partial charge < -0.3 is 9.84 Å². The van der Waals surface area contributed by atoms with Gasteiger partial charge in [0.05, 0.1) is 5.56 Å². The van der Waals surface area contributed by atoms with E-state index in [2.05, 4.69) is 0 Å². The van der Waals surface area contributed by atoms with Crippen molar-refractivity contribution in [2.24, 2.45) is 0 Å². The second-order valence-electron chi connectivity index (χ2n) is 5.28. The molecule has 0 spiro atoms. The van der Waals surface area contributed by atoms with Crippen molar-refractivity contribution in [3.8, 4) is 5.75 Å². The molecule has 0 aliphatic heterocycles. The Balaban J connectivity index is 1.74. The minimum absolute atomic E-state index is 0.0626. The average Bonchev–Trinajstić information content (AvgIpc) is 2.53. The van der Waals surface area contributed by atoms with Crippen LogP contribution in [0.1, 0.15) is 40.2 Å². The Labute approximate surface area is 124 Å². The number of ketones is 1. The van der Waals surface area contributed by atoms with Crippen LogP contribution in [0.15, 0.2) is 48.5 Å². The number of fused-ring (bicyclic) bond motifs is 1. The molecule has 1 atom stereocenters. The number of Topliss-reactive ketones (excluding diaryl/α,β-unsaturated/α-hetero) is 1. The van der Waals surface area contributed by atoms with Crippen LogP contribution in [0.4, 0.5) is 0 Å². The highest BCUT2D eigenvalue weighted by atomic mass is 16.5. The molecule has 0 bridgehead atoms. The van der Waals surface area contributed by atoms with Crippen LogP contribution in [0.25, 0.3) is 0 Å². The highest BCUT2D eigenvalue weighted by Crippen LogP contribution is 2.43. The number of hydrogen-bond donors (Lipinski definition) is 1. The van der Waals surface area contributed by atoms with Gasteiger partial charge in [0, 0.05) is 12.5 Å². The first-order valence-corrected chi connectivity index (χ1v) is 7.26. The third-order valence-corrected chi connectivity index (χ3v) is 3.88. The smallest absolute Gasteiger partial charge is 0.174 e. The normalized spacial score (nSPS) is 16.2. The summed E-state index contributed by atoms with van der Waals surface area (Å²) in [6.45, 7) is 0.592. The van der Waals surface area contributed by atoms with Crippen molar-refractivity contribution < 1.29 is 14.6 Å². The molecule has 3 nitrogen and oxygen atoms in total. The number of aliphatic hydroxyl groups excluding tert-OH is 1. The fourth-order valence-corrected chi connectivity index (χ4v) is 2.78. The standard InChI is InChI=1S/C18H18O3/c19-11-5-9-15-14-8-4-10-16(17(14)18(15)20)21-12-13-6-2-1-3-7-13/h1-4,6-8,10,15,19H,5,9,11-12H2. The Hall–Kier alpha value is -2.13. The van der Waals surface area contributed by atoms with Gasteiger partial charge in [-0.3, -0.25) is 4.79 Å². The molecule has 1 N–H and O–H groups in total. The number of aliphatic hydroxyl groups is 1. The summed E-state index contributed by atoms with van der Waals surface area (Å²) in [5, 5.41) is 8.90. The second kappa shape index (κ2) is 6.10. The maximum absolute atomic E-state index is 12.2. The third-order valence-electron chi connectivity index (χ3n) is 3.88. The molecule has 2 aromatic rings. The maximum Gasteiger partial charge on any atom is 0.174 e. The molecule has 0 saturated heterocycles. The molecular formula is C18H18O3. The lowest BCUT2D eigenvalue weighted by Crippen LogP contribution is -2.27. The van der Waals surface area contributed by atoms with Crippen molar-refractivity contribution in [1.29, 1.82) is 0 Å². The van der Waals surface area contributed by atoms with Crippen LogP contribution in [0.2, 0.25) is 0 Å². The van der Waals surface area contributed by atoms with Crippen LogP contribution in [0.3, 0.4) is 0 Å². The van der Waals surface area contributed by atoms with Gasteiger partial charge in [0.15, 0.2) is 5.78 Å². The van der Waals surface area contributed by atoms with E-state index in [1.807, 2.05) is 48.5 Å². The Morgan fingerprint density at radius 2 is 1.86 bits per heavy atom. The monoisotopic (exact) mass is 282 g/mol. The first-order chi connectivity index (χ1) is 10.3. The molecule has 1 aliphatic rings. The molecule has 0 aromatic heterocycles. The van der Waals surface area contributed by atoms with E-state index in [0.29, 0.717) is 25.2 Å². The van der Waals surface area contributed by atoms with Crippen molar-refractivity contribution in [3.63, 3.8) is 0 Å². The molecule has 21 heavy (non-hydrogen) atoms. The topological polar surface area (TPSA) is 46.5 Å². The summed E-state index contributed by atoms with van der Waals surface area (Å²) in [7, 11) is 0. The number of carbonyl (C=O) groups excluding carboxylic acids is 1. The van der Waals surface area contributed by atoms with E-state index in [1.54, 1.807) is 0 Å². The molecule has 3 heteroatoms. The zero-order valence-electron chi connectivity index (χ0n) is 11.8. The Bertz CT molecular complexity index is 634. The van der Waals surface area contributed by atoms with Crippen LogP contribution in [0, 0.1) is 0 Å². The summed E-state index contributed by atoms with van der Waals surface area (Å²) >= 11 is 0. The summed E-state index contributed by atoms with van der Waals surface area (Å²) in [6.07, 6.45) is 1.37. The Morgan fingerprint density at radius 1 is 1.05 bits per heavy atom. The summed E-state index contributed by atoms with van der Waals surface area (Å²) in [6, 6.07) is 15.7. The van der Waals surface area contributed by atoms with Crippen LogP contribution >= 0.6 is 0 Å². The summed E-state index contributed by atoms with van der Waals surface area (Å²) < 4.78 is 5.81. The van der Waals surface area contributed by atoms with E-state index in [9.17, 15) is 4.79 Å². The van der Waals surface area contributed by atoms with Gasteiger partial charge in [0.1, 0.15) is 12.4 Å². The van der Waals surface area contributed by atoms with Crippen LogP contribution in [-0.2, 0) is 6.61 Å². The van der Waals surface area contributed by atoms with Crippen molar-refractivity contribution >= 4 is 5.78 Å². The third kappa shape index (κ3) is 2.69. The molecule has 1 unspecified atom stereocenters. The molecule has 0 saturated carbocycles. The van der Waals surface area contributed by atoms with Crippen molar-refractivity contribution in [1.82, 2.24) is 0 Å². The van der Waals surface area contributed by atoms with Crippen LogP contribution in [-0.4, -0.2) is 17.5 Å². The summed E-state index contributed by atoms with van der Waals surface area (Å²) in [4.78, 5) is 12.2. The highest BCUT2D eigenvalue weighted by Gasteiger charge is 2.37. The van der Waals surface area contributed by atoms with Gasteiger partial charge in [0.2, 0.25) is 0 Å². The Kier molecular flexibility index (Phi) is 4.02. The van der Waals surface area contributed by atoms with Gasteiger partial charge in [-0.15, -0.1) is 0 Å². The number of hydrogen-bond acceptors (Lipinski definition) is 3.